The molecule has 114 valence electrons. The van der Waals surface area contributed by atoms with Gasteiger partial charge in [0.25, 0.3) is 0 Å². The van der Waals surface area contributed by atoms with Gasteiger partial charge >= 0.3 is 5.97 Å². The fraction of sp³-hybridized carbons (Fsp3) is 0.750. The number of esters is 1. The Hall–Kier alpha value is -1.36. The average Bonchev–Trinajstić information content (AvgIpc) is 2.82. The smallest absolute Gasteiger partial charge is 0.341 e. The number of ether oxygens (including phenoxy) is 1. The van der Waals surface area contributed by atoms with Gasteiger partial charge in [0.1, 0.15) is 5.56 Å². The summed E-state index contributed by atoms with van der Waals surface area (Å²) >= 11 is 0. The van der Waals surface area contributed by atoms with E-state index in [1.165, 1.54) is 19.3 Å². The quantitative estimate of drug-likeness (QED) is 0.839. The first-order chi connectivity index (χ1) is 10.2. The van der Waals surface area contributed by atoms with Crippen LogP contribution in [0.2, 0.25) is 0 Å². The van der Waals surface area contributed by atoms with E-state index in [9.17, 15) is 4.79 Å². The Morgan fingerprint density at radius 1 is 1.43 bits per heavy atom. The third kappa shape index (κ3) is 2.01. The molecule has 0 radical (unpaired) electrons. The number of aryl methyl sites for hydroxylation is 1. The highest BCUT2D eigenvalue weighted by molar-refractivity contribution is 5.90. The summed E-state index contributed by atoms with van der Waals surface area (Å²) in [5.41, 5.74) is 1.53. The molecule has 3 saturated carbocycles. The molecule has 4 rings (SSSR count). The van der Waals surface area contributed by atoms with E-state index in [0.717, 1.165) is 29.4 Å². The topological polar surface area (TPSA) is 56.1 Å². The van der Waals surface area contributed by atoms with Crippen LogP contribution in [-0.2, 0) is 18.3 Å². The number of aromatic nitrogens is 2. The lowest BCUT2D eigenvalue weighted by molar-refractivity contribution is 0.0524. The van der Waals surface area contributed by atoms with Gasteiger partial charge in [-0.05, 0) is 49.9 Å². The number of hydrogen-bond acceptors (Lipinski definition) is 4. The summed E-state index contributed by atoms with van der Waals surface area (Å²) in [5.74, 6) is 3.48. The molecule has 1 aromatic rings. The van der Waals surface area contributed by atoms with Crippen LogP contribution >= 0.6 is 0 Å². The summed E-state index contributed by atoms with van der Waals surface area (Å²) in [7, 11) is 1.89. The molecular weight excluding hydrogens is 266 g/mol. The first-order valence-corrected chi connectivity index (χ1v) is 8.12. The Morgan fingerprint density at radius 3 is 2.81 bits per heavy atom. The van der Waals surface area contributed by atoms with Crippen LogP contribution in [0, 0.1) is 23.7 Å². The van der Waals surface area contributed by atoms with Crippen molar-refractivity contribution in [3.05, 3.63) is 17.5 Å². The zero-order chi connectivity index (χ0) is 14.6. The minimum absolute atomic E-state index is 0.265. The van der Waals surface area contributed by atoms with E-state index in [1.54, 1.807) is 10.9 Å². The molecule has 1 heterocycles. The zero-order valence-corrected chi connectivity index (χ0v) is 12.7. The van der Waals surface area contributed by atoms with E-state index < -0.39 is 0 Å². The van der Waals surface area contributed by atoms with Crippen molar-refractivity contribution in [2.75, 3.05) is 6.61 Å². The Balaban J connectivity index is 1.42. The minimum atomic E-state index is -0.265. The molecule has 4 unspecified atom stereocenters. The Kier molecular flexibility index (Phi) is 3.06. The normalized spacial score (nSPS) is 35.8. The van der Waals surface area contributed by atoms with Gasteiger partial charge in [-0.1, -0.05) is 0 Å². The predicted molar refractivity (Wildman–Crippen MR) is 77.6 cm³/mol. The SMILES string of the molecule is CCOC(=O)c1cnn(C)c1CNC1C2C3CCC(C3)C12. The molecule has 5 nitrogen and oxygen atoms in total. The van der Waals surface area contributed by atoms with Gasteiger partial charge in [0, 0.05) is 19.6 Å². The van der Waals surface area contributed by atoms with Gasteiger partial charge in [0.15, 0.2) is 0 Å². The Morgan fingerprint density at radius 2 is 2.14 bits per heavy atom. The van der Waals surface area contributed by atoms with Crippen LogP contribution in [0.15, 0.2) is 6.20 Å². The second-order valence-electron chi connectivity index (χ2n) is 6.74. The lowest BCUT2D eigenvalue weighted by atomic mass is 10.0. The molecule has 0 aliphatic heterocycles. The number of rotatable bonds is 5. The number of carbonyl (C=O) groups is 1. The van der Waals surface area contributed by atoms with Crippen molar-refractivity contribution in [3.8, 4) is 0 Å². The molecule has 0 aromatic carbocycles. The average molecular weight is 289 g/mol. The summed E-state index contributed by atoms with van der Waals surface area (Å²) in [5, 5.41) is 7.88. The number of hydrogen-bond donors (Lipinski definition) is 1. The highest BCUT2D eigenvalue weighted by atomic mass is 16.5. The molecule has 1 aromatic heterocycles. The van der Waals surface area contributed by atoms with Crippen molar-refractivity contribution in [1.29, 1.82) is 0 Å². The third-order valence-corrected chi connectivity index (χ3v) is 5.80. The summed E-state index contributed by atoms with van der Waals surface area (Å²) < 4.78 is 6.89. The summed E-state index contributed by atoms with van der Waals surface area (Å²) in [4.78, 5) is 11.9. The van der Waals surface area contributed by atoms with E-state index >= 15 is 0 Å². The lowest BCUT2D eigenvalue weighted by Gasteiger charge is -2.11. The second kappa shape index (κ2) is 4.83. The zero-order valence-electron chi connectivity index (χ0n) is 12.7. The van der Waals surface area contributed by atoms with Crippen LogP contribution in [0.4, 0.5) is 0 Å². The van der Waals surface area contributed by atoms with Crippen LogP contribution in [0.5, 0.6) is 0 Å². The monoisotopic (exact) mass is 289 g/mol. The van der Waals surface area contributed by atoms with E-state index in [2.05, 4.69) is 10.4 Å². The van der Waals surface area contributed by atoms with Gasteiger partial charge < -0.3 is 10.1 Å². The summed E-state index contributed by atoms with van der Waals surface area (Å²) in [6.45, 7) is 2.94. The standard InChI is InChI=1S/C16H23N3O2/c1-3-21-16(20)11-7-18-19(2)12(11)8-17-15-13-9-4-5-10(6-9)14(13)15/h7,9-10,13-15,17H,3-6,8H2,1-2H3. The maximum Gasteiger partial charge on any atom is 0.341 e. The highest BCUT2D eigenvalue weighted by Gasteiger charge is 2.64. The van der Waals surface area contributed by atoms with E-state index in [0.29, 0.717) is 24.8 Å². The van der Waals surface area contributed by atoms with Crippen LogP contribution in [0.25, 0.3) is 0 Å². The van der Waals surface area contributed by atoms with Crippen molar-refractivity contribution in [1.82, 2.24) is 15.1 Å². The van der Waals surface area contributed by atoms with Crippen LogP contribution in [0.1, 0.15) is 42.2 Å². The van der Waals surface area contributed by atoms with Crippen LogP contribution in [0.3, 0.4) is 0 Å². The van der Waals surface area contributed by atoms with Gasteiger partial charge in [-0.15, -0.1) is 0 Å². The van der Waals surface area contributed by atoms with Gasteiger partial charge in [-0.25, -0.2) is 4.79 Å². The fourth-order valence-electron chi connectivity index (χ4n) is 4.86. The molecule has 21 heavy (non-hydrogen) atoms. The molecule has 4 atom stereocenters. The minimum Gasteiger partial charge on any atom is -0.462 e. The molecule has 3 aliphatic rings. The molecule has 0 spiro atoms. The van der Waals surface area contributed by atoms with Crippen molar-refractivity contribution < 1.29 is 9.53 Å². The van der Waals surface area contributed by atoms with Crippen molar-refractivity contribution in [2.45, 2.75) is 38.8 Å². The maximum atomic E-state index is 11.9. The predicted octanol–water partition coefficient (Wildman–Crippen LogP) is 1.73. The Bertz CT molecular complexity index is 552. The lowest BCUT2D eigenvalue weighted by Crippen LogP contribution is -2.25. The highest BCUT2D eigenvalue weighted by Crippen LogP contribution is 2.65. The van der Waals surface area contributed by atoms with Crippen molar-refractivity contribution in [2.24, 2.45) is 30.7 Å². The molecular formula is C16H23N3O2. The first kappa shape index (κ1) is 13.3. The van der Waals surface area contributed by atoms with Gasteiger partial charge in [-0.2, -0.15) is 5.10 Å². The summed E-state index contributed by atoms with van der Waals surface area (Å²) in [6, 6.07) is 0.668. The second-order valence-corrected chi connectivity index (χ2v) is 6.74. The molecule has 1 N–H and O–H groups in total. The molecule has 5 heteroatoms. The maximum absolute atomic E-state index is 11.9. The van der Waals surface area contributed by atoms with E-state index in [1.807, 2.05) is 14.0 Å². The molecule has 0 saturated heterocycles. The van der Waals surface area contributed by atoms with E-state index in [4.69, 9.17) is 4.74 Å². The number of carbonyl (C=O) groups excluding carboxylic acids is 1. The Labute approximate surface area is 125 Å². The van der Waals surface area contributed by atoms with Gasteiger partial charge in [-0.3, -0.25) is 4.68 Å². The van der Waals surface area contributed by atoms with Gasteiger partial charge in [0.05, 0.1) is 18.5 Å². The molecule has 3 fully saturated rings. The fourth-order valence-corrected chi connectivity index (χ4v) is 4.86. The van der Waals surface area contributed by atoms with Crippen molar-refractivity contribution in [3.63, 3.8) is 0 Å². The largest absolute Gasteiger partial charge is 0.462 e. The summed E-state index contributed by atoms with van der Waals surface area (Å²) in [6.07, 6.45) is 5.95. The first-order valence-electron chi connectivity index (χ1n) is 8.12. The van der Waals surface area contributed by atoms with Crippen LogP contribution < -0.4 is 5.32 Å². The van der Waals surface area contributed by atoms with Gasteiger partial charge in [0.2, 0.25) is 0 Å². The van der Waals surface area contributed by atoms with Crippen LogP contribution in [-0.4, -0.2) is 28.4 Å². The molecule has 0 amide bonds. The molecule has 3 aliphatic carbocycles. The molecule has 2 bridgehead atoms. The number of fused-ring (bicyclic) bond motifs is 5. The number of nitrogens with one attached hydrogen (secondary N) is 1. The third-order valence-electron chi connectivity index (χ3n) is 5.80. The van der Waals surface area contributed by atoms with Crippen molar-refractivity contribution >= 4 is 5.97 Å². The van der Waals surface area contributed by atoms with E-state index in [-0.39, 0.29) is 5.97 Å². The number of nitrogens with zero attached hydrogens (tertiary/aromatic N) is 2.